The van der Waals surface area contributed by atoms with E-state index in [1.807, 2.05) is 13.0 Å². The standard InChI is InChI=1S/C14H19FO/c1-9-3-5-13(15)8-12(9)7-11-4-6-14(16)10(11)2/h3,5,8,10-11,14,16H,4,6-7H2,1-2H3. The second-order valence-electron chi connectivity index (χ2n) is 5.04. The van der Waals surface area contributed by atoms with E-state index in [-0.39, 0.29) is 11.9 Å². The van der Waals surface area contributed by atoms with Crippen molar-refractivity contribution in [3.63, 3.8) is 0 Å². The number of hydrogen-bond acceptors (Lipinski definition) is 1. The first-order valence-electron chi connectivity index (χ1n) is 6.01. The van der Waals surface area contributed by atoms with Crippen molar-refractivity contribution in [3.8, 4) is 0 Å². The van der Waals surface area contributed by atoms with Crippen molar-refractivity contribution >= 4 is 0 Å². The van der Waals surface area contributed by atoms with Crippen molar-refractivity contribution in [2.45, 2.75) is 39.2 Å². The number of hydrogen-bond donors (Lipinski definition) is 1. The molecule has 0 aliphatic heterocycles. The molecular formula is C14H19FO. The molecule has 0 amide bonds. The molecule has 0 saturated heterocycles. The van der Waals surface area contributed by atoms with Crippen molar-refractivity contribution in [1.29, 1.82) is 0 Å². The van der Waals surface area contributed by atoms with Crippen LogP contribution < -0.4 is 0 Å². The van der Waals surface area contributed by atoms with E-state index < -0.39 is 0 Å². The van der Waals surface area contributed by atoms with Crippen molar-refractivity contribution < 1.29 is 9.50 Å². The highest BCUT2D eigenvalue weighted by Crippen LogP contribution is 2.34. The summed E-state index contributed by atoms with van der Waals surface area (Å²) in [5.41, 5.74) is 2.24. The molecule has 1 N–H and O–H groups in total. The highest BCUT2D eigenvalue weighted by molar-refractivity contribution is 5.27. The first-order valence-corrected chi connectivity index (χ1v) is 6.01. The molecule has 2 heteroatoms. The smallest absolute Gasteiger partial charge is 0.123 e. The molecule has 1 aliphatic carbocycles. The molecule has 3 atom stereocenters. The molecule has 1 aliphatic rings. The van der Waals surface area contributed by atoms with Crippen LogP contribution in [0.3, 0.4) is 0 Å². The molecule has 0 bridgehead atoms. The second kappa shape index (κ2) is 4.54. The average molecular weight is 222 g/mol. The molecule has 0 heterocycles. The summed E-state index contributed by atoms with van der Waals surface area (Å²) in [6, 6.07) is 4.97. The molecule has 1 saturated carbocycles. The van der Waals surface area contributed by atoms with E-state index in [2.05, 4.69) is 6.92 Å². The largest absolute Gasteiger partial charge is 0.393 e. The van der Waals surface area contributed by atoms with Gasteiger partial charge in [-0.05, 0) is 61.3 Å². The third-order valence-electron chi connectivity index (χ3n) is 3.98. The third-order valence-corrected chi connectivity index (χ3v) is 3.98. The van der Waals surface area contributed by atoms with Gasteiger partial charge in [0.25, 0.3) is 0 Å². The molecule has 1 aromatic rings. The van der Waals surface area contributed by atoms with Gasteiger partial charge in [-0.1, -0.05) is 13.0 Å². The van der Waals surface area contributed by atoms with Crippen molar-refractivity contribution in [2.75, 3.05) is 0 Å². The Bertz CT molecular complexity index is 375. The fourth-order valence-corrected chi connectivity index (χ4v) is 2.66. The highest BCUT2D eigenvalue weighted by Gasteiger charge is 2.31. The lowest BCUT2D eigenvalue weighted by molar-refractivity contribution is 0.127. The molecule has 3 unspecified atom stereocenters. The van der Waals surface area contributed by atoms with E-state index >= 15 is 0 Å². The lowest BCUT2D eigenvalue weighted by Crippen LogP contribution is -2.17. The number of aryl methyl sites for hydroxylation is 1. The number of aliphatic hydroxyl groups is 1. The van der Waals surface area contributed by atoms with Gasteiger partial charge in [-0.2, -0.15) is 0 Å². The van der Waals surface area contributed by atoms with E-state index in [0.29, 0.717) is 11.8 Å². The maximum atomic E-state index is 13.1. The zero-order valence-corrected chi connectivity index (χ0v) is 9.91. The fourth-order valence-electron chi connectivity index (χ4n) is 2.66. The maximum Gasteiger partial charge on any atom is 0.123 e. The van der Waals surface area contributed by atoms with E-state index in [1.54, 1.807) is 6.07 Å². The molecule has 1 aromatic carbocycles. The van der Waals surface area contributed by atoms with Gasteiger partial charge in [-0.15, -0.1) is 0 Å². The zero-order valence-electron chi connectivity index (χ0n) is 9.91. The minimum absolute atomic E-state index is 0.160. The summed E-state index contributed by atoms with van der Waals surface area (Å²) in [5, 5.41) is 9.70. The van der Waals surface area contributed by atoms with Gasteiger partial charge in [0.1, 0.15) is 5.82 Å². The van der Waals surface area contributed by atoms with Gasteiger partial charge in [-0.3, -0.25) is 0 Å². The van der Waals surface area contributed by atoms with Crippen LogP contribution in [-0.2, 0) is 6.42 Å². The molecule has 2 rings (SSSR count). The van der Waals surface area contributed by atoms with Crippen LogP contribution in [0.2, 0.25) is 0 Å². The van der Waals surface area contributed by atoms with E-state index in [9.17, 15) is 9.50 Å². The predicted octanol–water partition coefficient (Wildman–Crippen LogP) is 3.08. The summed E-state index contributed by atoms with van der Waals surface area (Å²) < 4.78 is 13.1. The Labute approximate surface area is 96.3 Å². The third kappa shape index (κ3) is 2.27. The SMILES string of the molecule is Cc1ccc(F)cc1CC1CCC(O)C1C. The van der Waals surface area contributed by atoms with Crippen LogP contribution in [0.4, 0.5) is 4.39 Å². The van der Waals surface area contributed by atoms with Gasteiger partial charge in [0.15, 0.2) is 0 Å². The number of halogens is 1. The first kappa shape index (κ1) is 11.6. The van der Waals surface area contributed by atoms with Crippen LogP contribution in [0.25, 0.3) is 0 Å². The van der Waals surface area contributed by atoms with Gasteiger partial charge in [0.2, 0.25) is 0 Å². The quantitative estimate of drug-likeness (QED) is 0.815. The van der Waals surface area contributed by atoms with Crippen LogP contribution in [-0.4, -0.2) is 11.2 Å². The summed E-state index contributed by atoms with van der Waals surface area (Å²) in [6.07, 6.45) is 2.67. The Morgan fingerprint density at radius 1 is 1.38 bits per heavy atom. The topological polar surface area (TPSA) is 20.2 Å². The maximum absolute atomic E-state index is 13.1. The van der Waals surface area contributed by atoms with E-state index in [0.717, 1.165) is 30.4 Å². The van der Waals surface area contributed by atoms with Crippen LogP contribution in [0.1, 0.15) is 30.9 Å². The Hall–Kier alpha value is -0.890. The Kier molecular flexibility index (Phi) is 3.29. The van der Waals surface area contributed by atoms with Crippen molar-refractivity contribution in [2.24, 2.45) is 11.8 Å². The Morgan fingerprint density at radius 3 is 2.75 bits per heavy atom. The van der Waals surface area contributed by atoms with Gasteiger partial charge >= 0.3 is 0 Å². The summed E-state index contributed by atoms with van der Waals surface area (Å²) in [7, 11) is 0. The number of benzene rings is 1. The summed E-state index contributed by atoms with van der Waals surface area (Å²) >= 11 is 0. The van der Waals surface area contributed by atoms with E-state index in [4.69, 9.17) is 0 Å². The number of aliphatic hydroxyl groups excluding tert-OH is 1. The molecule has 0 radical (unpaired) electrons. The molecular weight excluding hydrogens is 203 g/mol. The molecule has 16 heavy (non-hydrogen) atoms. The molecule has 0 aromatic heterocycles. The Balaban J connectivity index is 2.12. The van der Waals surface area contributed by atoms with Crippen LogP contribution in [0.15, 0.2) is 18.2 Å². The van der Waals surface area contributed by atoms with Gasteiger partial charge in [0, 0.05) is 0 Å². The van der Waals surface area contributed by atoms with Crippen LogP contribution in [0.5, 0.6) is 0 Å². The average Bonchev–Trinajstić information content (AvgIpc) is 2.55. The highest BCUT2D eigenvalue weighted by atomic mass is 19.1. The molecule has 0 spiro atoms. The zero-order chi connectivity index (χ0) is 11.7. The monoisotopic (exact) mass is 222 g/mol. The lowest BCUT2D eigenvalue weighted by atomic mass is 9.89. The fraction of sp³-hybridized carbons (Fsp3) is 0.571. The van der Waals surface area contributed by atoms with Gasteiger partial charge in [0.05, 0.1) is 6.10 Å². The minimum atomic E-state index is -0.168. The predicted molar refractivity (Wildman–Crippen MR) is 62.7 cm³/mol. The number of rotatable bonds is 2. The van der Waals surface area contributed by atoms with Crippen molar-refractivity contribution in [3.05, 3.63) is 35.1 Å². The summed E-state index contributed by atoms with van der Waals surface area (Å²) in [5.74, 6) is 0.671. The van der Waals surface area contributed by atoms with Crippen LogP contribution in [0, 0.1) is 24.6 Å². The molecule has 1 nitrogen and oxygen atoms in total. The molecule has 1 fully saturated rings. The van der Waals surface area contributed by atoms with Crippen LogP contribution >= 0.6 is 0 Å². The van der Waals surface area contributed by atoms with Gasteiger partial charge in [-0.25, -0.2) is 4.39 Å². The lowest BCUT2D eigenvalue weighted by Gasteiger charge is -2.18. The first-order chi connectivity index (χ1) is 7.58. The van der Waals surface area contributed by atoms with Crippen molar-refractivity contribution in [1.82, 2.24) is 0 Å². The minimum Gasteiger partial charge on any atom is -0.393 e. The summed E-state index contributed by atoms with van der Waals surface area (Å²) in [4.78, 5) is 0. The van der Waals surface area contributed by atoms with E-state index in [1.165, 1.54) is 6.07 Å². The normalized spacial score (nSPS) is 29.6. The van der Waals surface area contributed by atoms with Gasteiger partial charge < -0.3 is 5.11 Å². The molecule has 88 valence electrons. The summed E-state index contributed by atoms with van der Waals surface area (Å²) in [6.45, 7) is 4.11. The Morgan fingerprint density at radius 2 is 2.12 bits per heavy atom. The second-order valence-corrected chi connectivity index (χ2v) is 5.04.